The molecule has 1 aliphatic rings. The number of benzene rings is 1. The Balaban J connectivity index is 1.70. The fourth-order valence-electron chi connectivity index (χ4n) is 2.33. The number of likely N-dealkylation sites (N-methyl/N-ethyl adjacent to an activating group) is 1. The zero-order chi connectivity index (χ0) is 17.8. The molecule has 0 saturated heterocycles. The van der Waals surface area contributed by atoms with Crippen molar-refractivity contribution < 1.29 is 4.79 Å². The van der Waals surface area contributed by atoms with Crippen LogP contribution < -0.4 is 5.32 Å². The summed E-state index contributed by atoms with van der Waals surface area (Å²) in [6, 6.07) is 11.4. The largest absolute Gasteiger partial charge is 0.305 e. The van der Waals surface area contributed by atoms with Crippen LogP contribution in [0, 0.1) is 0 Å². The minimum Gasteiger partial charge on any atom is -0.305 e. The highest BCUT2D eigenvalue weighted by atomic mass is 35.5. The van der Waals surface area contributed by atoms with Gasteiger partial charge in [-0.3, -0.25) is 9.80 Å². The Hall–Kier alpha value is -2.92. The minimum absolute atomic E-state index is 0.305. The molecule has 1 aliphatic heterocycles. The molecule has 5 nitrogen and oxygen atoms in total. The molecule has 0 saturated carbocycles. The van der Waals surface area contributed by atoms with E-state index in [-0.39, 0.29) is 5.91 Å². The first kappa shape index (κ1) is 16.9. The van der Waals surface area contributed by atoms with Crippen molar-refractivity contribution in [3.8, 4) is 0 Å². The van der Waals surface area contributed by atoms with Crippen LogP contribution in [0.4, 0.5) is 5.82 Å². The minimum atomic E-state index is -0.313. The molecular weight excluding hydrogens is 336 g/mol. The monoisotopic (exact) mass is 352 g/mol. The van der Waals surface area contributed by atoms with Gasteiger partial charge in [0, 0.05) is 18.3 Å². The molecule has 1 N–H and O–H groups in total. The number of carbonyl (C=O) groups is 1. The first-order valence-electron chi connectivity index (χ1n) is 7.71. The quantitative estimate of drug-likeness (QED) is 0.914. The lowest BCUT2D eigenvalue weighted by molar-refractivity contribution is -0.110. The summed E-state index contributed by atoms with van der Waals surface area (Å²) in [6.45, 7) is 3.81. The van der Waals surface area contributed by atoms with Crippen molar-refractivity contribution in [1.29, 1.82) is 0 Å². The highest BCUT2D eigenvalue weighted by Crippen LogP contribution is 2.16. The van der Waals surface area contributed by atoms with Gasteiger partial charge < -0.3 is 5.32 Å². The van der Waals surface area contributed by atoms with Crippen LogP contribution in [-0.2, 0) is 11.2 Å². The molecule has 0 radical (unpaired) electrons. The molecule has 1 aromatic heterocycles. The van der Waals surface area contributed by atoms with Crippen molar-refractivity contribution in [2.24, 2.45) is 5.10 Å². The molecule has 0 bridgehead atoms. The number of nitrogens with one attached hydrogen (secondary N) is 1. The number of pyridine rings is 1. The van der Waals surface area contributed by atoms with Crippen LogP contribution in [0.1, 0.15) is 11.1 Å². The molecule has 1 amide bonds. The lowest BCUT2D eigenvalue weighted by atomic mass is 10.1. The summed E-state index contributed by atoms with van der Waals surface area (Å²) in [6.07, 6.45) is 5.78. The molecule has 0 aliphatic carbocycles. The van der Waals surface area contributed by atoms with Gasteiger partial charge in [0.25, 0.3) is 5.91 Å². The summed E-state index contributed by atoms with van der Waals surface area (Å²) in [5, 5.41) is 9.21. The Morgan fingerprint density at radius 1 is 1.20 bits per heavy atom. The maximum Gasteiger partial charge on any atom is 0.277 e. The Kier molecular flexibility index (Phi) is 4.95. The van der Waals surface area contributed by atoms with E-state index >= 15 is 0 Å². The lowest BCUT2D eigenvalue weighted by Gasteiger charge is -2.18. The maximum absolute atomic E-state index is 12.3. The normalized spacial score (nSPS) is 13.6. The van der Waals surface area contributed by atoms with Gasteiger partial charge in [0.1, 0.15) is 11.5 Å². The number of hydrazone groups is 1. The average Bonchev–Trinajstić information content (AvgIpc) is 2.59. The summed E-state index contributed by atoms with van der Waals surface area (Å²) >= 11 is 5.91. The van der Waals surface area contributed by atoms with Crippen LogP contribution >= 0.6 is 11.6 Å². The number of carbonyl (C=O) groups excluding carboxylic acids is 1. The first-order chi connectivity index (χ1) is 12.0. The SMILES string of the molecule is C=C1C=CC(C(=O)Nc2cc(Cc3ccc(Cl)cc3)ccn2)=NN1C. The Morgan fingerprint density at radius 2 is 1.96 bits per heavy atom. The number of halogens is 1. The summed E-state index contributed by atoms with van der Waals surface area (Å²) < 4.78 is 0. The van der Waals surface area contributed by atoms with Crippen molar-refractivity contribution in [1.82, 2.24) is 9.99 Å². The van der Waals surface area contributed by atoms with Gasteiger partial charge in [-0.05, 0) is 54.0 Å². The van der Waals surface area contributed by atoms with Crippen LogP contribution in [0.25, 0.3) is 0 Å². The molecule has 1 aromatic carbocycles. The summed E-state index contributed by atoms with van der Waals surface area (Å²) in [4.78, 5) is 16.5. The van der Waals surface area contributed by atoms with Crippen LogP contribution in [0.5, 0.6) is 0 Å². The molecule has 0 spiro atoms. The molecule has 6 heteroatoms. The fraction of sp³-hybridized carbons (Fsp3) is 0.105. The smallest absolute Gasteiger partial charge is 0.277 e. The number of nitrogens with zero attached hydrogens (tertiary/aromatic N) is 3. The Bertz CT molecular complexity index is 871. The first-order valence-corrected chi connectivity index (χ1v) is 8.09. The fourth-order valence-corrected chi connectivity index (χ4v) is 2.46. The molecular formula is C19H17ClN4O. The molecule has 0 unspecified atom stereocenters. The summed E-state index contributed by atoms with van der Waals surface area (Å²) in [7, 11) is 1.74. The van der Waals surface area contributed by atoms with Gasteiger partial charge in [-0.1, -0.05) is 30.3 Å². The van der Waals surface area contributed by atoms with E-state index in [1.807, 2.05) is 36.4 Å². The van der Waals surface area contributed by atoms with Crippen molar-refractivity contribution in [2.45, 2.75) is 6.42 Å². The van der Waals surface area contributed by atoms with E-state index in [9.17, 15) is 4.79 Å². The third-order valence-electron chi connectivity index (χ3n) is 3.73. The predicted molar refractivity (Wildman–Crippen MR) is 101 cm³/mol. The lowest BCUT2D eigenvalue weighted by Crippen LogP contribution is -2.27. The second-order valence-corrected chi connectivity index (χ2v) is 6.08. The highest BCUT2D eigenvalue weighted by Gasteiger charge is 2.15. The van der Waals surface area contributed by atoms with Crippen LogP contribution in [0.2, 0.25) is 5.02 Å². The number of anilines is 1. The Labute approximate surface area is 151 Å². The van der Waals surface area contributed by atoms with E-state index in [1.54, 1.807) is 30.4 Å². The zero-order valence-electron chi connectivity index (χ0n) is 13.7. The van der Waals surface area contributed by atoms with E-state index in [2.05, 4.69) is 22.0 Å². The van der Waals surface area contributed by atoms with Gasteiger partial charge >= 0.3 is 0 Å². The maximum atomic E-state index is 12.3. The third kappa shape index (κ3) is 4.33. The van der Waals surface area contributed by atoms with Gasteiger partial charge in [0.15, 0.2) is 0 Å². The van der Waals surface area contributed by atoms with Gasteiger partial charge in [-0.15, -0.1) is 0 Å². The van der Waals surface area contributed by atoms with E-state index in [4.69, 9.17) is 11.6 Å². The number of hydrogen-bond donors (Lipinski definition) is 1. The van der Waals surface area contributed by atoms with Gasteiger partial charge in [-0.2, -0.15) is 5.10 Å². The van der Waals surface area contributed by atoms with Crippen molar-refractivity contribution in [2.75, 3.05) is 12.4 Å². The summed E-state index contributed by atoms with van der Waals surface area (Å²) in [5.41, 5.74) is 3.20. The molecule has 3 rings (SSSR count). The van der Waals surface area contributed by atoms with Gasteiger partial charge in [0.2, 0.25) is 0 Å². The van der Waals surface area contributed by atoms with Crippen LogP contribution in [0.3, 0.4) is 0 Å². The number of hydrogen-bond acceptors (Lipinski definition) is 4. The van der Waals surface area contributed by atoms with E-state index in [0.717, 1.165) is 23.2 Å². The number of aromatic nitrogens is 1. The second kappa shape index (κ2) is 7.32. The number of allylic oxidation sites excluding steroid dienone is 1. The van der Waals surface area contributed by atoms with Crippen LogP contribution in [0.15, 0.2) is 72.1 Å². The van der Waals surface area contributed by atoms with Crippen LogP contribution in [-0.4, -0.2) is 28.7 Å². The number of rotatable bonds is 4. The van der Waals surface area contributed by atoms with E-state index in [0.29, 0.717) is 16.6 Å². The van der Waals surface area contributed by atoms with Crippen molar-refractivity contribution in [3.05, 3.63) is 83.2 Å². The van der Waals surface area contributed by atoms with E-state index < -0.39 is 0 Å². The third-order valence-corrected chi connectivity index (χ3v) is 3.98. The second-order valence-electron chi connectivity index (χ2n) is 5.64. The van der Waals surface area contributed by atoms with Crippen molar-refractivity contribution >= 4 is 29.0 Å². The van der Waals surface area contributed by atoms with E-state index in [1.165, 1.54) is 0 Å². The Morgan fingerprint density at radius 3 is 2.68 bits per heavy atom. The molecule has 25 heavy (non-hydrogen) atoms. The highest BCUT2D eigenvalue weighted by molar-refractivity contribution is 6.47. The molecule has 126 valence electrons. The van der Waals surface area contributed by atoms with Gasteiger partial charge in [0.05, 0.1) is 5.70 Å². The topological polar surface area (TPSA) is 57.6 Å². The molecule has 2 aromatic rings. The van der Waals surface area contributed by atoms with Gasteiger partial charge in [-0.25, -0.2) is 4.98 Å². The average molecular weight is 353 g/mol. The molecule has 0 atom stereocenters. The standard InChI is InChI=1S/C19H17ClN4O/c1-13-3-8-17(23-24(13)2)19(25)22-18-12-15(9-10-21-18)11-14-4-6-16(20)7-5-14/h3-10,12H,1,11H2,2H3,(H,21,22,25). The number of amides is 1. The summed E-state index contributed by atoms with van der Waals surface area (Å²) in [5.74, 6) is 0.173. The molecule has 2 heterocycles. The predicted octanol–water partition coefficient (Wildman–Crippen LogP) is 3.64. The zero-order valence-corrected chi connectivity index (χ0v) is 14.5. The molecule has 0 fully saturated rings. The van der Waals surface area contributed by atoms with Crippen molar-refractivity contribution in [3.63, 3.8) is 0 Å².